The van der Waals surface area contributed by atoms with Crippen LogP contribution in [-0.2, 0) is 14.3 Å². The van der Waals surface area contributed by atoms with E-state index in [1.165, 1.54) is 12.2 Å². The molecule has 0 saturated heterocycles. The van der Waals surface area contributed by atoms with Crippen molar-refractivity contribution in [3.05, 3.63) is 23.8 Å². The molecular formula is C9H12O3. The zero-order valence-electron chi connectivity index (χ0n) is 7.46. The molecule has 0 amide bonds. The van der Waals surface area contributed by atoms with E-state index in [0.717, 1.165) is 0 Å². The van der Waals surface area contributed by atoms with Crippen molar-refractivity contribution < 1.29 is 14.3 Å². The summed E-state index contributed by atoms with van der Waals surface area (Å²) in [7, 11) is 0. The molecule has 0 N–H and O–H groups in total. The Kier molecular flexibility index (Phi) is 4.69. The van der Waals surface area contributed by atoms with Crippen LogP contribution >= 0.6 is 0 Å². The second-order valence-electron chi connectivity index (χ2n) is 2.18. The number of allylic oxidation sites excluding steroid dienone is 2. The van der Waals surface area contributed by atoms with Crippen LogP contribution in [-0.4, -0.2) is 11.9 Å². The van der Waals surface area contributed by atoms with Crippen LogP contribution in [0.2, 0.25) is 0 Å². The van der Waals surface area contributed by atoms with E-state index in [9.17, 15) is 9.59 Å². The average Bonchev–Trinajstić information content (AvgIpc) is 2.03. The number of hydrogen-bond donors (Lipinski definition) is 0. The van der Waals surface area contributed by atoms with Crippen molar-refractivity contribution in [3.8, 4) is 0 Å². The fourth-order valence-electron chi connectivity index (χ4n) is 0.460. The second-order valence-corrected chi connectivity index (χ2v) is 2.18. The summed E-state index contributed by atoms with van der Waals surface area (Å²) in [4.78, 5) is 21.6. The lowest BCUT2D eigenvalue weighted by Gasteiger charge is -1.97. The highest BCUT2D eigenvalue weighted by molar-refractivity contribution is 5.98. The highest BCUT2D eigenvalue weighted by Gasteiger charge is 2.07. The van der Waals surface area contributed by atoms with Gasteiger partial charge in [-0.05, 0) is 20.8 Å². The van der Waals surface area contributed by atoms with E-state index >= 15 is 0 Å². The van der Waals surface area contributed by atoms with Crippen LogP contribution in [0.4, 0.5) is 0 Å². The predicted molar refractivity (Wildman–Crippen MR) is 45.3 cm³/mol. The summed E-state index contributed by atoms with van der Waals surface area (Å²) >= 11 is 0. The second kappa shape index (κ2) is 5.29. The minimum absolute atomic E-state index is 0.424. The molecule has 0 aliphatic heterocycles. The molecule has 0 unspecified atom stereocenters. The van der Waals surface area contributed by atoms with Crippen LogP contribution < -0.4 is 0 Å². The molecule has 0 aromatic carbocycles. The smallest absolute Gasteiger partial charge is 0.341 e. The number of hydrogen-bond acceptors (Lipinski definition) is 3. The molecular weight excluding hydrogens is 156 g/mol. The van der Waals surface area contributed by atoms with E-state index in [0.29, 0.717) is 5.57 Å². The predicted octanol–water partition coefficient (Wildman–Crippen LogP) is 1.60. The monoisotopic (exact) mass is 168 g/mol. The van der Waals surface area contributed by atoms with Gasteiger partial charge in [0.1, 0.15) is 0 Å². The van der Waals surface area contributed by atoms with Gasteiger partial charge in [-0.15, -0.1) is 0 Å². The van der Waals surface area contributed by atoms with Gasteiger partial charge < -0.3 is 4.74 Å². The summed E-state index contributed by atoms with van der Waals surface area (Å²) in [6, 6.07) is 0. The van der Waals surface area contributed by atoms with Crippen LogP contribution in [0.25, 0.3) is 0 Å². The number of rotatable bonds is 2. The van der Waals surface area contributed by atoms with Gasteiger partial charge in [-0.2, -0.15) is 0 Å². The fourth-order valence-corrected chi connectivity index (χ4v) is 0.460. The lowest BCUT2D eigenvalue weighted by molar-refractivity contribution is -0.153. The van der Waals surface area contributed by atoms with E-state index in [-0.39, 0.29) is 0 Å². The lowest BCUT2D eigenvalue weighted by atomic mass is 10.3. The number of ether oxygens (including phenoxy) is 1. The normalized spacial score (nSPS) is 11.8. The molecule has 66 valence electrons. The zero-order valence-corrected chi connectivity index (χ0v) is 7.46. The van der Waals surface area contributed by atoms with Gasteiger partial charge in [-0.1, -0.05) is 12.2 Å². The first-order valence-corrected chi connectivity index (χ1v) is 3.63. The van der Waals surface area contributed by atoms with Gasteiger partial charge in [0.15, 0.2) is 0 Å². The maximum absolute atomic E-state index is 10.9. The van der Waals surface area contributed by atoms with Gasteiger partial charge in [0, 0.05) is 11.6 Å². The van der Waals surface area contributed by atoms with E-state index < -0.39 is 11.9 Å². The molecule has 0 bridgehead atoms. The molecule has 0 radical (unpaired) electrons. The molecule has 0 rings (SSSR count). The van der Waals surface area contributed by atoms with Crippen molar-refractivity contribution in [2.75, 3.05) is 0 Å². The summed E-state index contributed by atoms with van der Waals surface area (Å²) in [6.45, 7) is 4.97. The molecule has 0 heterocycles. The van der Waals surface area contributed by atoms with E-state index in [1.54, 1.807) is 26.8 Å². The third kappa shape index (κ3) is 3.71. The van der Waals surface area contributed by atoms with Gasteiger partial charge >= 0.3 is 11.9 Å². The van der Waals surface area contributed by atoms with Gasteiger partial charge in [0.25, 0.3) is 0 Å². The first-order valence-electron chi connectivity index (χ1n) is 3.63. The fraction of sp³-hybridized carbons (Fsp3) is 0.333. The van der Waals surface area contributed by atoms with Crippen molar-refractivity contribution in [2.45, 2.75) is 20.8 Å². The van der Waals surface area contributed by atoms with Crippen LogP contribution in [0.3, 0.4) is 0 Å². The van der Waals surface area contributed by atoms with Crippen LogP contribution in [0.5, 0.6) is 0 Å². The molecule has 0 aliphatic rings. The Labute approximate surface area is 71.7 Å². The molecule has 0 aromatic rings. The summed E-state index contributed by atoms with van der Waals surface area (Å²) in [5.74, 6) is -1.23. The van der Waals surface area contributed by atoms with E-state index in [1.807, 2.05) is 0 Å². The highest BCUT2D eigenvalue weighted by Crippen LogP contribution is 1.96. The molecule has 0 atom stereocenters. The Morgan fingerprint density at radius 3 is 2.25 bits per heavy atom. The Morgan fingerprint density at radius 1 is 1.25 bits per heavy atom. The van der Waals surface area contributed by atoms with Gasteiger partial charge in [-0.25, -0.2) is 9.59 Å². The standard InChI is InChI=1S/C9H12O3/c1-4-6-8(10)12-9(11)7(3)5-2/h4-6H,1-3H3/b6-4+,7-5+. The first kappa shape index (κ1) is 10.6. The minimum atomic E-state index is -0.635. The summed E-state index contributed by atoms with van der Waals surface area (Å²) in [6.07, 6.45) is 4.30. The topological polar surface area (TPSA) is 43.4 Å². The van der Waals surface area contributed by atoms with Crippen molar-refractivity contribution >= 4 is 11.9 Å². The van der Waals surface area contributed by atoms with Crippen LogP contribution in [0.15, 0.2) is 23.8 Å². The summed E-state index contributed by atoms with van der Waals surface area (Å²) < 4.78 is 4.41. The number of carbonyl (C=O) groups excluding carboxylic acids is 2. The van der Waals surface area contributed by atoms with E-state index in [2.05, 4.69) is 4.74 Å². The maximum Gasteiger partial charge on any atom is 0.341 e. The van der Waals surface area contributed by atoms with E-state index in [4.69, 9.17) is 0 Å². The molecule has 0 aromatic heterocycles. The highest BCUT2D eigenvalue weighted by atomic mass is 16.6. The average molecular weight is 168 g/mol. The molecule has 0 fully saturated rings. The Morgan fingerprint density at radius 2 is 1.83 bits per heavy atom. The Bertz CT molecular complexity index is 236. The van der Waals surface area contributed by atoms with Crippen molar-refractivity contribution in [1.29, 1.82) is 0 Å². The largest absolute Gasteiger partial charge is 0.386 e. The van der Waals surface area contributed by atoms with Crippen LogP contribution in [0.1, 0.15) is 20.8 Å². The number of esters is 2. The summed E-state index contributed by atoms with van der Waals surface area (Å²) in [5.41, 5.74) is 0.424. The first-order chi connectivity index (χ1) is 5.61. The molecule has 0 aliphatic carbocycles. The Balaban J connectivity index is 4.11. The number of carbonyl (C=O) groups is 2. The molecule has 12 heavy (non-hydrogen) atoms. The molecule has 3 nitrogen and oxygen atoms in total. The van der Waals surface area contributed by atoms with Gasteiger partial charge in [-0.3, -0.25) is 0 Å². The van der Waals surface area contributed by atoms with Crippen molar-refractivity contribution in [2.24, 2.45) is 0 Å². The molecule has 0 saturated carbocycles. The van der Waals surface area contributed by atoms with Crippen molar-refractivity contribution in [3.63, 3.8) is 0 Å². The molecule has 0 spiro atoms. The third-order valence-corrected chi connectivity index (χ3v) is 1.25. The molecule has 3 heteroatoms. The zero-order chi connectivity index (χ0) is 9.56. The third-order valence-electron chi connectivity index (χ3n) is 1.25. The maximum atomic E-state index is 10.9. The van der Waals surface area contributed by atoms with Gasteiger partial charge in [0.05, 0.1) is 0 Å². The Hall–Kier alpha value is -1.38. The summed E-state index contributed by atoms with van der Waals surface area (Å²) in [5, 5.41) is 0. The van der Waals surface area contributed by atoms with Crippen molar-refractivity contribution in [1.82, 2.24) is 0 Å². The minimum Gasteiger partial charge on any atom is -0.386 e. The SMILES string of the molecule is C/C=C/C(=O)OC(=O)/C(C)=C/C. The lowest BCUT2D eigenvalue weighted by Crippen LogP contribution is -2.10. The van der Waals surface area contributed by atoms with Gasteiger partial charge in [0.2, 0.25) is 0 Å². The quantitative estimate of drug-likeness (QED) is 0.357. The van der Waals surface area contributed by atoms with Crippen LogP contribution in [0, 0.1) is 0 Å².